The van der Waals surface area contributed by atoms with Crippen LogP contribution >= 0.6 is 0 Å². The van der Waals surface area contributed by atoms with Crippen LogP contribution in [0, 0.1) is 12.3 Å². The molecule has 0 unspecified atom stereocenters. The van der Waals surface area contributed by atoms with Crippen LogP contribution in [0.15, 0.2) is 18.2 Å². The van der Waals surface area contributed by atoms with E-state index in [9.17, 15) is 4.79 Å². The van der Waals surface area contributed by atoms with Crippen LogP contribution in [-0.4, -0.2) is 5.91 Å². The quantitative estimate of drug-likeness (QED) is 0.817. The van der Waals surface area contributed by atoms with Crippen molar-refractivity contribution in [3.05, 3.63) is 29.3 Å². The molecule has 0 aliphatic heterocycles. The summed E-state index contributed by atoms with van der Waals surface area (Å²) in [7, 11) is 0. The van der Waals surface area contributed by atoms with E-state index in [4.69, 9.17) is 5.73 Å². The predicted molar refractivity (Wildman–Crippen MR) is 78.6 cm³/mol. The van der Waals surface area contributed by atoms with E-state index >= 15 is 0 Å². The Labute approximate surface area is 115 Å². The fourth-order valence-electron chi connectivity index (χ4n) is 3.05. The zero-order chi connectivity index (χ0) is 13.9. The smallest absolute Gasteiger partial charge is 0.226 e. The van der Waals surface area contributed by atoms with Crippen molar-refractivity contribution in [2.24, 2.45) is 5.41 Å². The van der Waals surface area contributed by atoms with Gasteiger partial charge >= 0.3 is 0 Å². The predicted octanol–water partition coefficient (Wildman–Crippen LogP) is 3.16. The number of nitrogen functional groups attached to an aromatic ring is 1. The minimum Gasteiger partial charge on any atom is -0.399 e. The number of nitrogens with one attached hydrogen (secondary N) is 1. The Hall–Kier alpha value is -1.51. The first kappa shape index (κ1) is 13.9. The Morgan fingerprint density at radius 1 is 1.37 bits per heavy atom. The second-order valence-corrected chi connectivity index (χ2v) is 5.66. The molecular weight excluding hydrogens is 236 g/mol. The van der Waals surface area contributed by atoms with Gasteiger partial charge in [-0.2, -0.15) is 0 Å². The molecular formula is C16H24N2O. The van der Waals surface area contributed by atoms with E-state index in [-0.39, 0.29) is 11.3 Å². The van der Waals surface area contributed by atoms with Gasteiger partial charge in [0.2, 0.25) is 5.91 Å². The number of hydrogen-bond acceptors (Lipinski definition) is 2. The van der Waals surface area contributed by atoms with E-state index in [2.05, 4.69) is 12.2 Å². The number of anilines is 1. The first-order valence-electron chi connectivity index (χ1n) is 7.21. The fourth-order valence-corrected chi connectivity index (χ4v) is 3.05. The molecule has 1 aromatic carbocycles. The summed E-state index contributed by atoms with van der Waals surface area (Å²) in [5, 5.41) is 3.11. The summed E-state index contributed by atoms with van der Waals surface area (Å²) in [4.78, 5) is 12.4. The number of amides is 1. The molecule has 2 rings (SSSR count). The second kappa shape index (κ2) is 5.64. The molecule has 0 spiro atoms. The van der Waals surface area contributed by atoms with Crippen molar-refractivity contribution in [1.82, 2.24) is 5.32 Å². The summed E-state index contributed by atoms with van der Waals surface area (Å²) in [6, 6.07) is 5.86. The van der Waals surface area contributed by atoms with Crippen molar-refractivity contribution >= 4 is 11.6 Å². The molecule has 1 fully saturated rings. The average molecular weight is 260 g/mol. The fraction of sp³-hybridized carbons (Fsp3) is 0.562. The molecule has 19 heavy (non-hydrogen) atoms. The molecule has 0 heterocycles. The van der Waals surface area contributed by atoms with Gasteiger partial charge in [-0.3, -0.25) is 4.79 Å². The highest BCUT2D eigenvalue weighted by molar-refractivity contribution is 5.82. The van der Waals surface area contributed by atoms with Gasteiger partial charge in [0.15, 0.2) is 0 Å². The van der Waals surface area contributed by atoms with Gasteiger partial charge in [-0.05, 0) is 43.4 Å². The van der Waals surface area contributed by atoms with Crippen molar-refractivity contribution in [3.63, 3.8) is 0 Å². The summed E-state index contributed by atoms with van der Waals surface area (Å²) in [6.45, 7) is 4.70. The summed E-state index contributed by atoms with van der Waals surface area (Å²) >= 11 is 0. The third-order valence-electron chi connectivity index (χ3n) is 4.65. The largest absolute Gasteiger partial charge is 0.399 e. The molecule has 0 bridgehead atoms. The van der Waals surface area contributed by atoms with Crippen LogP contribution in [0.1, 0.15) is 50.2 Å². The first-order chi connectivity index (χ1) is 9.09. The molecule has 0 saturated heterocycles. The van der Waals surface area contributed by atoms with E-state index in [0.29, 0.717) is 6.54 Å². The van der Waals surface area contributed by atoms with E-state index < -0.39 is 0 Å². The molecule has 3 nitrogen and oxygen atoms in total. The molecule has 1 aliphatic carbocycles. The van der Waals surface area contributed by atoms with E-state index in [1.54, 1.807) is 0 Å². The van der Waals surface area contributed by atoms with Gasteiger partial charge in [0, 0.05) is 17.6 Å². The minimum atomic E-state index is -0.117. The lowest BCUT2D eigenvalue weighted by molar-refractivity contribution is -0.131. The molecule has 3 heteroatoms. The Morgan fingerprint density at radius 2 is 2.05 bits per heavy atom. The normalized spacial score (nSPS) is 17.4. The molecule has 1 saturated carbocycles. The Kier molecular flexibility index (Phi) is 4.13. The van der Waals surface area contributed by atoms with Crippen LogP contribution in [0.2, 0.25) is 0 Å². The van der Waals surface area contributed by atoms with Gasteiger partial charge in [0.05, 0.1) is 0 Å². The molecule has 104 valence electrons. The third kappa shape index (κ3) is 2.75. The maximum Gasteiger partial charge on any atom is 0.226 e. The summed E-state index contributed by atoms with van der Waals surface area (Å²) in [6.07, 6.45) is 5.36. The van der Waals surface area contributed by atoms with Crippen molar-refractivity contribution in [3.8, 4) is 0 Å². The van der Waals surface area contributed by atoms with Crippen molar-refractivity contribution in [2.75, 3.05) is 5.73 Å². The van der Waals surface area contributed by atoms with Crippen molar-refractivity contribution in [1.29, 1.82) is 0 Å². The number of rotatable bonds is 4. The number of carbonyl (C=O) groups excluding carboxylic acids is 1. The molecule has 1 aromatic rings. The van der Waals surface area contributed by atoms with E-state index in [1.165, 1.54) is 12.8 Å². The highest BCUT2D eigenvalue weighted by atomic mass is 16.2. The van der Waals surface area contributed by atoms with Crippen LogP contribution in [0.3, 0.4) is 0 Å². The van der Waals surface area contributed by atoms with Crippen LogP contribution in [-0.2, 0) is 11.3 Å². The zero-order valence-electron chi connectivity index (χ0n) is 12.0. The van der Waals surface area contributed by atoms with Crippen LogP contribution < -0.4 is 11.1 Å². The van der Waals surface area contributed by atoms with Crippen molar-refractivity contribution < 1.29 is 4.79 Å². The topological polar surface area (TPSA) is 55.1 Å². The highest BCUT2D eigenvalue weighted by Crippen LogP contribution is 2.41. The molecule has 0 atom stereocenters. The number of nitrogens with two attached hydrogens (primary N) is 1. The highest BCUT2D eigenvalue weighted by Gasteiger charge is 2.38. The van der Waals surface area contributed by atoms with E-state index in [1.807, 2.05) is 25.1 Å². The maximum absolute atomic E-state index is 12.4. The van der Waals surface area contributed by atoms with Crippen LogP contribution in [0.25, 0.3) is 0 Å². The lowest BCUT2D eigenvalue weighted by atomic mass is 9.82. The molecule has 1 amide bonds. The Morgan fingerprint density at radius 3 is 2.68 bits per heavy atom. The van der Waals surface area contributed by atoms with Gasteiger partial charge in [0.1, 0.15) is 0 Å². The van der Waals surface area contributed by atoms with Gasteiger partial charge in [-0.1, -0.05) is 31.9 Å². The summed E-state index contributed by atoms with van der Waals surface area (Å²) < 4.78 is 0. The lowest BCUT2D eigenvalue weighted by Crippen LogP contribution is -2.38. The Bertz CT molecular complexity index is 462. The molecule has 0 radical (unpaired) electrons. The molecule has 0 aromatic heterocycles. The monoisotopic (exact) mass is 260 g/mol. The minimum absolute atomic E-state index is 0.117. The van der Waals surface area contributed by atoms with Gasteiger partial charge in [-0.15, -0.1) is 0 Å². The number of hydrogen-bond donors (Lipinski definition) is 2. The SMILES string of the molecule is CCC1(C(=O)NCc2cccc(N)c2C)CCCC1. The van der Waals surface area contributed by atoms with Crippen LogP contribution in [0.4, 0.5) is 5.69 Å². The molecule has 1 aliphatic rings. The van der Waals surface area contributed by atoms with Crippen LogP contribution in [0.5, 0.6) is 0 Å². The third-order valence-corrected chi connectivity index (χ3v) is 4.65. The Balaban J connectivity index is 2.02. The molecule has 3 N–H and O–H groups in total. The van der Waals surface area contributed by atoms with Gasteiger partial charge in [-0.25, -0.2) is 0 Å². The number of carbonyl (C=O) groups is 1. The van der Waals surface area contributed by atoms with Gasteiger partial charge < -0.3 is 11.1 Å². The zero-order valence-corrected chi connectivity index (χ0v) is 12.0. The van der Waals surface area contributed by atoms with E-state index in [0.717, 1.165) is 36.1 Å². The van der Waals surface area contributed by atoms with Gasteiger partial charge in [0.25, 0.3) is 0 Å². The standard InChI is InChI=1S/C16H24N2O/c1-3-16(9-4-5-10-16)15(19)18-11-13-7-6-8-14(17)12(13)2/h6-8H,3-5,9-11,17H2,1-2H3,(H,18,19). The number of benzene rings is 1. The summed E-state index contributed by atoms with van der Waals surface area (Å²) in [5.74, 6) is 0.217. The average Bonchev–Trinajstić information content (AvgIpc) is 2.90. The summed E-state index contributed by atoms with van der Waals surface area (Å²) in [5.41, 5.74) is 8.74. The second-order valence-electron chi connectivity index (χ2n) is 5.66. The lowest BCUT2D eigenvalue weighted by Gasteiger charge is -2.26. The maximum atomic E-state index is 12.4. The first-order valence-corrected chi connectivity index (χ1v) is 7.21. The van der Waals surface area contributed by atoms with Crippen molar-refractivity contribution in [2.45, 2.75) is 52.5 Å².